The number of hydrogen-bond acceptors (Lipinski definition) is 4. The Morgan fingerprint density at radius 2 is 1.56 bits per heavy atom. The first kappa shape index (κ1) is 12.0. The van der Waals surface area contributed by atoms with Gasteiger partial charge in [0.05, 0.1) is 0 Å². The second-order valence-electron chi connectivity index (χ2n) is 3.64. The average Bonchev–Trinajstić information content (AvgIpc) is 2.39. The molecule has 0 bridgehead atoms. The summed E-state index contributed by atoms with van der Waals surface area (Å²) in [6.07, 6.45) is -0.915. The van der Waals surface area contributed by atoms with Crippen LogP contribution in [0.2, 0.25) is 0 Å². The third kappa shape index (κ3) is 3.52. The minimum absolute atomic E-state index is 0.398. The van der Waals surface area contributed by atoms with Crippen molar-refractivity contribution in [2.24, 2.45) is 0 Å². The van der Waals surface area contributed by atoms with Crippen LogP contribution in [0, 0.1) is 6.92 Å². The number of rotatable bonds is 3. The number of ether oxygens (including phenoxy) is 1. The van der Waals surface area contributed by atoms with E-state index in [-0.39, 0.29) is 0 Å². The van der Waals surface area contributed by atoms with Gasteiger partial charge in [0.25, 0.3) is 0 Å². The minimum atomic E-state index is -0.915. The molecule has 0 aliphatic heterocycles. The van der Waals surface area contributed by atoms with Gasteiger partial charge < -0.3 is 4.74 Å². The molecule has 0 N–H and O–H groups in total. The summed E-state index contributed by atoms with van der Waals surface area (Å²) in [6, 6.07) is 15.7. The monoisotopic (exact) mass is 244 g/mol. The summed E-state index contributed by atoms with van der Waals surface area (Å²) >= 11 is 0. The Morgan fingerprint density at radius 1 is 0.889 bits per heavy atom. The maximum Gasteiger partial charge on any atom is 0.555 e. The summed E-state index contributed by atoms with van der Waals surface area (Å²) in [5.74, 6) is 0.834. The summed E-state index contributed by atoms with van der Waals surface area (Å²) in [5.41, 5.74) is 1.09. The van der Waals surface area contributed by atoms with Crippen LogP contribution in [0.3, 0.4) is 0 Å². The van der Waals surface area contributed by atoms with Crippen molar-refractivity contribution in [3.8, 4) is 11.5 Å². The van der Waals surface area contributed by atoms with Crippen LogP contribution in [0.25, 0.3) is 0 Å². The lowest BCUT2D eigenvalue weighted by Crippen LogP contribution is -2.12. The predicted molar refractivity (Wildman–Crippen MR) is 65.4 cm³/mol. The molecule has 0 saturated heterocycles. The number of benzene rings is 2. The largest absolute Gasteiger partial charge is 0.555 e. The van der Waals surface area contributed by atoms with E-state index in [0.717, 1.165) is 5.56 Å². The van der Waals surface area contributed by atoms with E-state index in [1.165, 1.54) is 0 Å². The van der Waals surface area contributed by atoms with E-state index < -0.39 is 6.16 Å². The van der Waals surface area contributed by atoms with Crippen molar-refractivity contribution in [3.05, 3.63) is 60.2 Å². The Hall–Kier alpha value is -2.49. The second kappa shape index (κ2) is 5.72. The summed E-state index contributed by atoms with van der Waals surface area (Å²) in [4.78, 5) is 20.6. The maximum atomic E-state index is 11.3. The smallest absolute Gasteiger partial charge is 0.393 e. The molecule has 2 rings (SSSR count). The molecule has 0 radical (unpaired) electrons. The molecule has 0 atom stereocenters. The lowest BCUT2D eigenvalue weighted by atomic mass is 10.2. The number of carbonyl (C=O) groups excluding carboxylic acids is 1. The van der Waals surface area contributed by atoms with Gasteiger partial charge in [-0.05, 0) is 31.2 Å². The van der Waals surface area contributed by atoms with Gasteiger partial charge in [0, 0.05) is 0 Å². The molecule has 4 nitrogen and oxygen atoms in total. The SMILES string of the molecule is Cc1ccc(OOC(=O)Oc2ccccc2)cc1. The van der Waals surface area contributed by atoms with Gasteiger partial charge >= 0.3 is 6.16 Å². The van der Waals surface area contributed by atoms with Crippen molar-refractivity contribution in [2.75, 3.05) is 0 Å². The molecule has 2 aromatic rings. The molecule has 0 aliphatic rings. The van der Waals surface area contributed by atoms with E-state index in [1.807, 2.05) is 25.1 Å². The number of hydrogen-bond donors (Lipinski definition) is 0. The molecule has 0 heterocycles. The van der Waals surface area contributed by atoms with Crippen LogP contribution < -0.4 is 9.62 Å². The zero-order valence-corrected chi connectivity index (χ0v) is 9.83. The van der Waals surface area contributed by atoms with Crippen molar-refractivity contribution in [2.45, 2.75) is 6.92 Å². The van der Waals surface area contributed by atoms with Crippen LogP contribution in [-0.2, 0) is 4.89 Å². The third-order valence-corrected chi connectivity index (χ3v) is 2.17. The highest BCUT2D eigenvalue weighted by Crippen LogP contribution is 2.13. The number of para-hydroxylation sites is 1. The Kier molecular flexibility index (Phi) is 3.81. The first-order valence-electron chi connectivity index (χ1n) is 5.42. The van der Waals surface area contributed by atoms with Gasteiger partial charge in [-0.15, -0.1) is 0 Å². The van der Waals surface area contributed by atoms with E-state index in [9.17, 15) is 4.79 Å². The molecule has 18 heavy (non-hydrogen) atoms. The van der Waals surface area contributed by atoms with Crippen molar-refractivity contribution in [1.82, 2.24) is 0 Å². The fraction of sp³-hybridized carbons (Fsp3) is 0.0714. The topological polar surface area (TPSA) is 44.8 Å². The zero-order valence-electron chi connectivity index (χ0n) is 9.83. The van der Waals surface area contributed by atoms with Crippen molar-refractivity contribution < 1.29 is 19.3 Å². The highest BCUT2D eigenvalue weighted by atomic mass is 17.2. The fourth-order valence-electron chi connectivity index (χ4n) is 1.28. The van der Waals surface area contributed by atoms with Crippen LogP contribution in [0.5, 0.6) is 11.5 Å². The summed E-state index contributed by atoms with van der Waals surface area (Å²) in [5, 5.41) is 0. The van der Waals surface area contributed by atoms with E-state index in [0.29, 0.717) is 11.5 Å². The summed E-state index contributed by atoms with van der Waals surface area (Å²) in [7, 11) is 0. The normalized spacial score (nSPS) is 9.61. The molecular formula is C14H12O4. The van der Waals surface area contributed by atoms with Gasteiger partial charge in [-0.2, -0.15) is 4.79 Å². The summed E-state index contributed by atoms with van der Waals surface area (Å²) in [6.45, 7) is 1.95. The Balaban J connectivity index is 1.83. The lowest BCUT2D eigenvalue weighted by Gasteiger charge is -2.05. The van der Waals surface area contributed by atoms with Gasteiger partial charge in [-0.3, -0.25) is 4.89 Å². The van der Waals surface area contributed by atoms with Crippen LogP contribution in [0.1, 0.15) is 5.56 Å². The number of aryl methyl sites for hydroxylation is 1. The van der Waals surface area contributed by atoms with Crippen LogP contribution >= 0.6 is 0 Å². The molecule has 0 fully saturated rings. The Morgan fingerprint density at radius 3 is 2.22 bits per heavy atom. The van der Waals surface area contributed by atoms with Gasteiger partial charge in [-0.1, -0.05) is 35.9 Å². The molecule has 0 aromatic heterocycles. The molecule has 0 spiro atoms. The van der Waals surface area contributed by atoms with Gasteiger partial charge in [-0.25, -0.2) is 4.89 Å². The van der Waals surface area contributed by atoms with Gasteiger partial charge in [0.15, 0.2) is 5.75 Å². The highest BCUT2D eigenvalue weighted by molar-refractivity contribution is 5.63. The van der Waals surface area contributed by atoms with Crippen LogP contribution in [-0.4, -0.2) is 6.16 Å². The molecule has 4 heteroatoms. The minimum Gasteiger partial charge on any atom is -0.393 e. The molecule has 0 saturated carbocycles. The lowest BCUT2D eigenvalue weighted by molar-refractivity contribution is -0.157. The number of carbonyl (C=O) groups is 1. The Bertz CT molecular complexity index is 505. The molecular weight excluding hydrogens is 232 g/mol. The second-order valence-corrected chi connectivity index (χ2v) is 3.64. The molecule has 2 aromatic carbocycles. The van der Waals surface area contributed by atoms with Crippen molar-refractivity contribution in [1.29, 1.82) is 0 Å². The van der Waals surface area contributed by atoms with E-state index in [4.69, 9.17) is 9.62 Å². The van der Waals surface area contributed by atoms with E-state index >= 15 is 0 Å². The van der Waals surface area contributed by atoms with Crippen LogP contribution in [0.4, 0.5) is 4.79 Å². The molecule has 0 unspecified atom stereocenters. The maximum absolute atomic E-state index is 11.3. The molecule has 92 valence electrons. The van der Waals surface area contributed by atoms with Crippen molar-refractivity contribution in [3.63, 3.8) is 0 Å². The fourth-order valence-corrected chi connectivity index (χ4v) is 1.28. The van der Waals surface area contributed by atoms with Crippen molar-refractivity contribution >= 4 is 6.16 Å². The zero-order chi connectivity index (χ0) is 12.8. The average molecular weight is 244 g/mol. The van der Waals surface area contributed by atoms with Gasteiger partial charge in [0.1, 0.15) is 5.75 Å². The van der Waals surface area contributed by atoms with E-state index in [1.54, 1.807) is 36.4 Å². The van der Waals surface area contributed by atoms with Crippen LogP contribution in [0.15, 0.2) is 54.6 Å². The third-order valence-electron chi connectivity index (χ3n) is 2.17. The first-order chi connectivity index (χ1) is 8.74. The highest BCUT2D eigenvalue weighted by Gasteiger charge is 2.07. The van der Waals surface area contributed by atoms with Gasteiger partial charge in [0.2, 0.25) is 0 Å². The summed E-state index contributed by atoms with van der Waals surface area (Å²) < 4.78 is 4.87. The molecule has 0 aliphatic carbocycles. The predicted octanol–water partition coefficient (Wildman–Crippen LogP) is 3.50. The quantitative estimate of drug-likeness (QED) is 0.359. The Labute approximate surface area is 105 Å². The standard InChI is InChI=1S/C14H12O4/c1-11-7-9-13(10-8-11)17-18-14(15)16-12-5-3-2-4-6-12/h2-10H,1H3. The molecule has 0 amide bonds. The van der Waals surface area contributed by atoms with E-state index in [2.05, 4.69) is 4.89 Å². The first-order valence-corrected chi connectivity index (χ1v) is 5.42.